The molecule has 0 radical (unpaired) electrons. The summed E-state index contributed by atoms with van der Waals surface area (Å²) in [6.07, 6.45) is 1.37. The molecule has 7 heteroatoms. The predicted octanol–water partition coefficient (Wildman–Crippen LogP) is 2.81. The largest absolute Gasteiger partial charge is 0.272 e. The first-order valence-electron chi connectivity index (χ1n) is 6.31. The van der Waals surface area contributed by atoms with Gasteiger partial charge in [-0.2, -0.15) is 5.10 Å². The highest BCUT2D eigenvalue weighted by Crippen LogP contribution is 2.18. The number of carbonyl (C=O) groups excluding carboxylic acids is 1. The lowest BCUT2D eigenvalue weighted by atomic mass is 10.1. The number of halogens is 1. The molecule has 0 aliphatic carbocycles. The highest BCUT2D eigenvalue weighted by Gasteiger charge is 2.13. The minimum Gasteiger partial charge on any atom is -0.267 e. The standard InChI is InChI=1S/C15H12FN3O3/c1-10-8-12(4-7-14(10)19(21)22)15(20)18-17-9-11-2-5-13(16)6-3-11/h2-9H,1H3,(H,18,20). The Balaban J connectivity index is 2.04. The molecular formula is C15H12FN3O3. The van der Waals surface area contributed by atoms with Crippen LogP contribution in [-0.4, -0.2) is 17.0 Å². The Labute approximate surface area is 125 Å². The summed E-state index contributed by atoms with van der Waals surface area (Å²) >= 11 is 0. The van der Waals surface area contributed by atoms with E-state index >= 15 is 0 Å². The average molecular weight is 301 g/mol. The molecule has 6 nitrogen and oxygen atoms in total. The van der Waals surface area contributed by atoms with Crippen molar-refractivity contribution in [1.29, 1.82) is 0 Å². The highest BCUT2D eigenvalue weighted by atomic mass is 19.1. The summed E-state index contributed by atoms with van der Waals surface area (Å²) in [5.41, 5.74) is 3.53. The molecule has 0 heterocycles. The summed E-state index contributed by atoms with van der Waals surface area (Å²) in [5, 5.41) is 14.5. The SMILES string of the molecule is Cc1cc(C(=O)NN=Cc2ccc(F)cc2)ccc1[N+](=O)[O-]. The summed E-state index contributed by atoms with van der Waals surface area (Å²) in [4.78, 5) is 22.1. The lowest BCUT2D eigenvalue weighted by Crippen LogP contribution is -2.17. The smallest absolute Gasteiger partial charge is 0.267 e. The van der Waals surface area contributed by atoms with E-state index in [0.29, 0.717) is 11.1 Å². The van der Waals surface area contributed by atoms with Crippen molar-refractivity contribution < 1.29 is 14.1 Å². The van der Waals surface area contributed by atoms with Crippen molar-refractivity contribution in [2.75, 3.05) is 0 Å². The van der Waals surface area contributed by atoms with Crippen LogP contribution in [0.25, 0.3) is 0 Å². The number of hydrogen-bond donors (Lipinski definition) is 1. The summed E-state index contributed by atoms with van der Waals surface area (Å²) < 4.78 is 12.7. The molecule has 2 rings (SSSR count). The summed E-state index contributed by atoms with van der Waals surface area (Å²) in [6.45, 7) is 1.55. The van der Waals surface area contributed by atoms with E-state index < -0.39 is 10.8 Å². The monoisotopic (exact) mass is 301 g/mol. The first kappa shape index (κ1) is 15.3. The van der Waals surface area contributed by atoms with Crippen molar-refractivity contribution >= 4 is 17.8 Å². The number of nitro groups is 1. The van der Waals surface area contributed by atoms with Gasteiger partial charge in [0.05, 0.1) is 11.1 Å². The van der Waals surface area contributed by atoms with Gasteiger partial charge in [-0.05, 0) is 36.8 Å². The summed E-state index contributed by atoms with van der Waals surface area (Å²) in [6, 6.07) is 9.64. The number of benzene rings is 2. The lowest BCUT2D eigenvalue weighted by Gasteiger charge is -2.02. The van der Waals surface area contributed by atoms with E-state index in [2.05, 4.69) is 10.5 Å². The first-order valence-corrected chi connectivity index (χ1v) is 6.31. The molecule has 0 aliphatic heterocycles. The van der Waals surface area contributed by atoms with Crippen LogP contribution in [0.1, 0.15) is 21.5 Å². The van der Waals surface area contributed by atoms with Gasteiger partial charge in [-0.25, -0.2) is 9.82 Å². The molecule has 0 spiro atoms. The topological polar surface area (TPSA) is 84.6 Å². The highest BCUT2D eigenvalue weighted by molar-refractivity contribution is 5.95. The number of aryl methyl sites for hydroxylation is 1. The normalized spacial score (nSPS) is 10.6. The maximum Gasteiger partial charge on any atom is 0.272 e. The fourth-order valence-electron chi connectivity index (χ4n) is 1.78. The third-order valence-corrected chi connectivity index (χ3v) is 2.91. The van der Waals surface area contributed by atoms with E-state index in [0.717, 1.165) is 0 Å². The fourth-order valence-corrected chi connectivity index (χ4v) is 1.78. The third kappa shape index (κ3) is 3.72. The second-order valence-corrected chi connectivity index (χ2v) is 4.51. The Morgan fingerprint density at radius 2 is 1.95 bits per heavy atom. The lowest BCUT2D eigenvalue weighted by molar-refractivity contribution is -0.385. The van der Waals surface area contributed by atoms with Crippen molar-refractivity contribution in [2.45, 2.75) is 6.92 Å². The Bertz CT molecular complexity index is 742. The van der Waals surface area contributed by atoms with Crippen molar-refractivity contribution in [2.24, 2.45) is 5.10 Å². The van der Waals surface area contributed by atoms with Crippen LogP contribution in [0.15, 0.2) is 47.6 Å². The molecule has 1 amide bonds. The van der Waals surface area contributed by atoms with Crippen molar-refractivity contribution in [3.63, 3.8) is 0 Å². The van der Waals surface area contributed by atoms with E-state index in [4.69, 9.17) is 0 Å². The van der Waals surface area contributed by atoms with Gasteiger partial charge < -0.3 is 0 Å². The molecule has 1 N–H and O–H groups in total. The Hall–Kier alpha value is -3.09. The number of carbonyl (C=O) groups is 1. The van der Waals surface area contributed by atoms with Crippen LogP contribution in [-0.2, 0) is 0 Å². The summed E-state index contributed by atoms with van der Waals surface area (Å²) in [7, 11) is 0. The Kier molecular flexibility index (Phi) is 4.57. The molecule has 0 atom stereocenters. The zero-order valence-corrected chi connectivity index (χ0v) is 11.6. The van der Waals surface area contributed by atoms with Crippen LogP contribution < -0.4 is 5.43 Å². The second kappa shape index (κ2) is 6.57. The van der Waals surface area contributed by atoms with Crippen LogP contribution in [0.5, 0.6) is 0 Å². The average Bonchev–Trinajstić information content (AvgIpc) is 2.48. The molecule has 0 saturated carbocycles. The van der Waals surface area contributed by atoms with Crippen LogP contribution >= 0.6 is 0 Å². The number of hydrazone groups is 1. The van der Waals surface area contributed by atoms with E-state index in [1.807, 2.05) is 0 Å². The van der Waals surface area contributed by atoms with E-state index in [-0.39, 0.29) is 17.1 Å². The Morgan fingerprint density at radius 3 is 2.55 bits per heavy atom. The van der Waals surface area contributed by atoms with Crippen molar-refractivity contribution in [3.8, 4) is 0 Å². The van der Waals surface area contributed by atoms with E-state index in [9.17, 15) is 19.3 Å². The second-order valence-electron chi connectivity index (χ2n) is 4.51. The number of nitrogens with zero attached hydrogens (tertiary/aromatic N) is 2. The molecule has 0 saturated heterocycles. The van der Waals surface area contributed by atoms with Gasteiger partial charge >= 0.3 is 0 Å². The van der Waals surface area contributed by atoms with E-state index in [1.165, 1.54) is 48.7 Å². The van der Waals surface area contributed by atoms with Gasteiger partial charge in [-0.1, -0.05) is 12.1 Å². The first-order chi connectivity index (χ1) is 10.5. The van der Waals surface area contributed by atoms with Crippen LogP contribution in [0.2, 0.25) is 0 Å². The van der Waals surface area contributed by atoms with Crippen molar-refractivity contribution in [1.82, 2.24) is 5.43 Å². The van der Waals surface area contributed by atoms with Gasteiger partial charge in [-0.3, -0.25) is 14.9 Å². The molecule has 0 fully saturated rings. The number of nitrogens with one attached hydrogen (secondary N) is 1. The number of amides is 1. The molecule has 2 aromatic rings. The number of rotatable bonds is 4. The van der Waals surface area contributed by atoms with Crippen LogP contribution in [0.4, 0.5) is 10.1 Å². The van der Waals surface area contributed by atoms with Gasteiger partial charge in [0.1, 0.15) is 5.82 Å². The van der Waals surface area contributed by atoms with Gasteiger partial charge in [0.25, 0.3) is 11.6 Å². The van der Waals surface area contributed by atoms with Gasteiger partial charge in [0, 0.05) is 17.2 Å². The summed E-state index contributed by atoms with van der Waals surface area (Å²) in [5.74, 6) is -0.848. The Morgan fingerprint density at radius 1 is 1.27 bits per heavy atom. The minimum absolute atomic E-state index is 0.0497. The molecule has 0 unspecified atom stereocenters. The van der Waals surface area contributed by atoms with Gasteiger partial charge in [0.15, 0.2) is 0 Å². The maximum absolute atomic E-state index is 12.7. The molecule has 0 aromatic heterocycles. The zero-order valence-electron chi connectivity index (χ0n) is 11.6. The fraction of sp³-hybridized carbons (Fsp3) is 0.0667. The van der Waals surface area contributed by atoms with Crippen LogP contribution in [0.3, 0.4) is 0 Å². The molecule has 0 aliphatic rings. The third-order valence-electron chi connectivity index (χ3n) is 2.91. The quantitative estimate of drug-likeness (QED) is 0.535. The van der Waals surface area contributed by atoms with E-state index in [1.54, 1.807) is 6.92 Å². The predicted molar refractivity (Wildman–Crippen MR) is 79.3 cm³/mol. The minimum atomic E-state index is -0.510. The number of nitro benzene ring substituents is 1. The van der Waals surface area contributed by atoms with Crippen LogP contribution in [0, 0.1) is 22.9 Å². The zero-order chi connectivity index (χ0) is 16.1. The molecule has 112 valence electrons. The molecule has 22 heavy (non-hydrogen) atoms. The van der Waals surface area contributed by atoms with Crippen molar-refractivity contribution in [3.05, 3.63) is 75.1 Å². The molecule has 2 aromatic carbocycles. The van der Waals surface area contributed by atoms with Gasteiger partial charge in [0.2, 0.25) is 0 Å². The number of hydrogen-bond acceptors (Lipinski definition) is 4. The molecular weight excluding hydrogens is 289 g/mol. The molecule has 0 bridgehead atoms. The van der Waals surface area contributed by atoms with Gasteiger partial charge in [-0.15, -0.1) is 0 Å². The maximum atomic E-state index is 12.7.